The second-order valence-corrected chi connectivity index (χ2v) is 4.64. The third-order valence-corrected chi connectivity index (χ3v) is 2.47. The Morgan fingerprint density at radius 3 is 2.67 bits per heavy atom. The molecule has 0 aliphatic rings. The third-order valence-electron chi connectivity index (χ3n) is 2.47. The lowest BCUT2D eigenvalue weighted by Gasteiger charge is -2.11. The van der Waals surface area contributed by atoms with Crippen molar-refractivity contribution in [1.29, 1.82) is 0 Å². The summed E-state index contributed by atoms with van der Waals surface area (Å²) in [4.78, 5) is 15.1. The summed E-state index contributed by atoms with van der Waals surface area (Å²) in [7, 11) is 0. The molecule has 1 rings (SSSR count). The predicted molar refractivity (Wildman–Crippen MR) is 70.1 cm³/mol. The fraction of sp³-hybridized carbons (Fsp3) is 0.538. The van der Waals surface area contributed by atoms with Crippen LogP contribution in [0.25, 0.3) is 0 Å². The molecule has 1 unspecified atom stereocenters. The molecule has 0 aromatic carbocycles. The first-order valence-corrected chi connectivity index (χ1v) is 6.09. The van der Waals surface area contributed by atoms with E-state index in [2.05, 4.69) is 24.1 Å². The highest BCUT2D eigenvalue weighted by atomic mass is 16.5. The zero-order valence-corrected chi connectivity index (χ0v) is 11.1. The van der Waals surface area contributed by atoms with Crippen LogP contribution in [-0.4, -0.2) is 23.5 Å². The van der Waals surface area contributed by atoms with E-state index in [1.807, 2.05) is 12.1 Å². The molecule has 0 aliphatic heterocycles. The van der Waals surface area contributed by atoms with Gasteiger partial charge in [0.15, 0.2) is 0 Å². The zero-order valence-electron chi connectivity index (χ0n) is 11.1. The smallest absolute Gasteiger partial charge is 0.223 e. The summed E-state index contributed by atoms with van der Waals surface area (Å²) in [5.41, 5.74) is 6.11. The van der Waals surface area contributed by atoms with E-state index < -0.39 is 0 Å². The SMILES string of the molecule is CC(C)NCc1ccc(OCC(C)C(N)=O)cn1. The first-order chi connectivity index (χ1) is 8.49. The maximum absolute atomic E-state index is 10.8. The molecule has 100 valence electrons. The Morgan fingerprint density at radius 1 is 1.44 bits per heavy atom. The van der Waals surface area contributed by atoms with E-state index in [4.69, 9.17) is 10.5 Å². The van der Waals surface area contributed by atoms with Crippen LogP contribution in [0.5, 0.6) is 5.75 Å². The fourth-order valence-electron chi connectivity index (χ4n) is 1.21. The maximum atomic E-state index is 10.8. The molecule has 0 fully saturated rings. The molecule has 0 aliphatic carbocycles. The summed E-state index contributed by atoms with van der Waals surface area (Å²) in [5, 5.41) is 3.28. The number of nitrogens with zero attached hydrogens (tertiary/aromatic N) is 1. The molecule has 0 spiro atoms. The van der Waals surface area contributed by atoms with Crippen molar-refractivity contribution in [3.8, 4) is 5.75 Å². The highest BCUT2D eigenvalue weighted by Gasteiger charge is 2.09. The molecule has 1 aromatic rings. The van der Waals surface area contributed by atoms with Gasteiger partial charge in [-0.3, -0.25) is 9.78 Å². The van der Waals surface area contributed by atoms with Gasteiger partial charge >= 0.3 is 0 Å². The number of nitrogens with one attached hydrogen (secondary N) is 1. The van der Waals surface area contributed by atoms with E-state index in [0.717, 1.165) is 12.2 Å². The second-order valence-electron chi connectivity index (χ2n) is 4.64. The Hall–Kier alpha value is -1.62. The number of carbonyl (C=O) groups is 1. The molecule has 5 heteroatoms. The number of carbonyl (C=O) groups excluding carboxylic acids is 1. The van der Waals surface area contributed by atoms with Gasteiger partial charge in [-0.25, -0.2) is 0 Å². The van der Waals surface area contributed by atoms with Crippen molar-refractivity contribution in [2.75, 3.05) is 6.61 Å². The Kier molecular flexibility index (Phi) is 5.58. The number of amides is 1. The standard InChI is InChI=1S/C13H21N3O2/c1-9(2)15-6-11-4-5-12(7-16-11)18-8-10(3)13(14)17/h4-5,7,9-10,15H,6,8H2,1-3H3,(H2,14,17). The minimum atomic E-state index is -0.360. The number of rotatable bonds is 7. The number of nitrogens with two attached hydrogens (primary N) is 1. The Bertz CT molecular complexity index is 376. The molecule has 1 atom stereocenters. The first kappa shape index (κ1) is 14.4. The van der Waals surface area contributed by atoms with Gasteiger partial charge in [-0.1, -0.05) is 20.8 Å². The molecule has 1 aromatic heterocycles. The monoisotopic (exact) mass is 251 g/mol. The summed E-state index contributed by atoms with van der Waals surface area (Å²) < 4.78 is 5.43. The average Bonchev–Trinajstić information content (AvgIpc) is 2.34. The van der Waals surface area contributed by atoms with Crippen molar-refractivity contribution in [3.63, 3.8) is 0 Å². The van der Waals surface area contributed by atoms with Crippen molar-refractivity contribution in [1.82, 2.24) is 10.3 Å². The lowest BCUT2D eigenvalue weighted by molar-refractivity contribution is -0.122. The summed E-state index contributed by atoms with van der Waals surface area (Å²) in [5.74, 6) is -0.00982. The van der Waals surface area contributed by atoms with Gasteiger partial charge in [0.25, 0.3) is 0 Å². The second kappa shape index (κ2) is 6.96. The van der Waals surface area contributed by atoms with E-state index in [9.17, 15) is 4.79 Å². The topological polar surface area (TPSA) is 77.2 Å². The van der Waals surface area contributed by atoms with Crippen LogP contribution in [0.4, 0.5) is 0 Å². The predicted octanol–water partition coefficient (Wildman–Crippen LogP) is 1.08. The van der Waals surface area contributed by atoms with E-state index >= 15 is 0 Å². The van der Waals surface area contributed by atoms with Gasteiger partial charge in [0.05, 0.1) is 24.4 Å². The zero-order chi connectivity index (χ0) is 13.5. The molecule has 1 heterocycles. The number of hydrogen-bond acceptors (Lipinski definition) is 4. The molecule has 1 amide bonds. The lowest BCUT2D eigenvalue weighted by Crippen LogP contribution is -2.25. The highest BCUT2D eigenvalue weighted by Crippen LogP contribution is 2.10. The van der Waals surface area contributed by atoms with Gasteiger partial charge in [0.1, 0.15) is 5.75 Å². The van der Waals surface area contributed by atoms with Crippen LogP contribution in [0.3, 0.4) is 0 Å². The van der Waals surface area contributed by atoms with Crippen molar-refractivity contribution in [2.45, 2.75) is 33.4 Å². The molecule has 0 bridgehead atoms. The van der Waals surface area contributed by atoms with Gasteiger partial charge in [-0.05, 0) is 12.1 Å². The summed E-state index contributed by atoms with van der Waals surface area (Å²) in [6, 6.07) is 4.18. The quantitative estimate of drug-likeness (QED) is 0.760. The largest absolute Gasteiger partial charge is 0.491 e. The summed E-state index contributed by atoms with van der Waals surface area (Å²) >= 11 is 0. The molecule has 3 N–H and O–H groups in total. The van der Waals surface area contributed by atoms with Crippen LogP contribution in [0.15, 0.2) is 18.3 Å². The maximum Gasteiger partial charge on any atom is 0.223 e. The highest BCUT2D eigenvalue weighted by molar-refractivity contribution is 5.76. The summed E-state index contributed by atoms with van der Waals surface area (Å²) in [6.07, 6.45) is 1.66. The number of hydrogen-bond donors (Lipinski definition) is 2. The Labute approximate surface area is 108 Å². The van der Waals surface area contributed by atoms with Crippen LogP contribution in [0, 0.1) is 5.92 Å². The van der Waals surface area contributed by atoms with Gasteiger partial charge in [0, 0.05) is 12.6 Å². The van der Waals surface area contributed by atoms with Crippen LogP contribution in [0.1, 0.15) is 26.5 Å². The van der Waals surface area contributed by atoms with Gasteiger partial charge in [-0.15, -0.1) is 0 Å². The van der Waals surface area contributed by atoms with Gasteiger partial charge in [-0.2, -0.15) is 0 Å². The molecular weight excluding hydrogens is 230 g/mol. The minimum absolute atomic E-state index is 0.278. The molecule has 0 saturated carbocycles. The van der Waals surface area contributed by atoms with E-state index in [-0.39, 0.29) is 18.4 Å². The third kappa shape index (κ3) is 5.14. The van der Waals surface area contributed by atoms with Crippen LogP contribution < -0.4 is 15.8 Å². The van der Waals surface area contributed by atoms with E-state index in [1.165, 1.54) is 0 Å². The van der Waals surface area contributed by atoms with E-state index in [0.29, 0.717) is 11.8 Å². The molecule has 0 radical (unpaired) electrons. The lowest BCUT2D eigenvalue weighted by atomic mass is 10.2. The molecule has 18 heavy (non-hydrogen) atoms. The van der Waals surface area contributed by atoms with Crippen LogP contribution in [0.2, 0.25) is 0 Å². The first-order valence-electron chi connectivity index (χ1n) is 6.09. The number of aromatic nitrogens is 1. The van der Waals surface area contributed by atoms with Crippen molar-refractivity contribution in [3.05, 3.63) is 24.0 Å². The van der Waals surface area contributed by atoms with E-state index in [1.54, 1.807) is 13.1 Å². The minimum Gasteiger partial charge on any atom is -0.491 e. The van der Waals surface area contributed by atoms with Crippen molar-refractivity contribution < 1.29 is 9.53 Å². The average molecular weight is 251 g/mol. The number of pyridine rings is 1. The van der Waals surface area contributed by atoms with Gasteiger partial charge < -0.3 is 15.8 Å². The fourth-order valence-corrected chi connectivity index (χ4v) is 1.21. The number of primary amides is 1. The molecule has 5 nitrogen and oxygen atoms in total. The molecular formula is C13H21N3O2. The van der Waals surface area contributed by atoms with Crippen molar-refractivity contribution >= 4 is 5.91 Å². The van der Waals surface area contributed by atoms with Crippen LogP contribution >= 0.6 is 0 Å². The van der Waals surface area contributed by atoms with Gasteiger partial charge in [0.2, 0.25) is 5.91 Å². The van der Waals surface area contributed by atoms with Crippen molar-refractivity contribution in [2.24, 2.45) is 11.7 Å². The molecule has 0 saturated heterocycles. The summed E-state index contributed by atoms with van der Waals surface area (Å²) in [6.45, 7) is 6.92. The Balaban J connectivity index is 2.42. The number of ether oxygens (including phenoxy) is 1. The Morgan fingerprint density at radius 2 is 2.17 bits per heavy atom. The normalized spacial score (nSPS) is 12.4. The van der Waals surface area contributed by atoms with Crippen LogP contribution in [-0.2, 0) is 11.3 Å².